The van der Waals surface area contributed by atoms with Gasteiger partial charge in [0.2, 0.25) is 0 Å². The maximum absolute atomic E-state index is 8.91. The van der Waals surface area contributed by atoms with Gasteiger partial charge in [0.25, 0.3) is 0 Å². The molecule has 0 aliphatic heterocycles. The lowest BCUT2D eigenvalue weighted by Crippen LogP contribution is -2.06. The second-order valence-corrected chi connectivity index (χ2v) is 3.45. The van der Waals surface area contributed by atoms with Gasteiger partial charge in [-0.3, -0.25) is 0 Å². The molecule has 0 amide bonds. The van der Waals surface area contributed by atoms with E-state index >= 15 is 0 Å². The smallest absolute Gasteiger partial charge is 0.169 e. The van der Waals surface area contributed by atoms with Gasteiger partial charge in [-0.25, -0.2) is 0 Å². The average molecular weight is 205 g/mol. The fourth-order valence-electron chi connectivity index (χ4n) is 1.31. The van der Waals surface area contributed by atoms with Crippen LogP contribution in [0.3, 0.4) is 0 Å². The summed E-state index contributed by atoms with van der Waals surface area (Å²) in [6.07, 6.45) is -0.587. The number of nitriles is 1. The van der Waals surface area contributed by atoms with Gasteiger partial charge in [-0.15, -0.1) is 0 Å². The molecule has 80 valence electrons. The van der Waals surface area contributed by atoms with Crippen molar-refractivity contribution >= 4 is 0 Å². The molecule has 3 heteroatoms. The zero-order chi connectivity index (χ0) is 11.3. The molecule has 0 spiro atoms. The standard InChI is InChI=1S/C12H15NO2/c1-9-3-4-11(7-10(9)2)12(8-13)15-6-5-14/h3-4,7,12,14H,5-6H2,1-2H3. The van der Waals surface area contributed by atoms with Gasteiger partial charge in [0.05, 0.1) is 19.3 Å². The van der Waals surface area contributed by atoms with E-state index in [0.717, 1.165) is 11.1 Å². The van der Waals surface area contributed by atoms with E-state index in [1.807, 2.05) is 32.0 Å². The van der Waals surface area contributed by atoms with E-state index in [1.54, 1.807) is 0 Å². The molecule has 0 bridgehead atoms. The lowest BCUT2D eigenvalue weighted by atomic mass is 10.0. The van der Waals surface area contributed by atoms with Crippen molar-refractivity contribution in [3.8, 4) is 6.07 Å². The number of nitrogens with zero attached hydrogens (tertiary/aromatic N) is 1. The second-order valence-electron chi connectivity index (χ2n) is 3.45. The number of hydrogen-bond acceptors (Lipinski definition) is 3. The maximum Gasteiger partial charge on any atom is 0.169 e. The van der Waals surface area contributed by atoms with Gasteiger partial charge in [0.15, 0.2) is 6.10 Å². The third-order valence-electron chi connectivity index (χ3n) is 2.33. The molecule has 0 aromatic heterocycles. The van der Waals surface area contributed by atoms with Crippen LogP contribution in [0.15, 0.2) is 18.2 Å². The first-order chi connectivity index (χ1) is 7.19. The van der Waals surface area contributed by atoms with Gasteiger partial charge in [-0.2, -0.15) is 5.26 Å². The minimum atomic E-state index is -0.587. The Morgan fingerprint density at radius 1 is 1.40 bits per heavy atom. The quantitative estimate of drug-likeness (QED) is 0.816. The van der Waals surface area contributed by atoms with Crippen LogP contribution in [-0.2, 0) is 4.74 Å². The molecule has 1 aromatic rings. The van der Waals surface area contributed by atoms with Crippen molar-refractivity contribution in [1.82, 2.24) is 0 Å². The molecule has 1 N–H and O–H groups in total. The Kier molecular flexibility index (Phi) is 4.29. The maximum atomic E-state index is 8.91. The van der Waals surface area contributed by atoms with Crippen LogP contribution in [-0.4, -0.2) is 18.3 Å². The zero-order valence-corrected chi connectivity index (χ0v) is 9.03. The first-order valence-corrected chi connectivity index (χ1v) is 4.88. The van der Waals surface area contributed by atoms with E-state index < -0.39 is 6.10 Å². The highest BCUT2D eigenvalue weighted by atomic mass is 16.5. The Hall–Kier alpha value is -1.37. The van der Waals surface area contributed by atoms with Crippen LogP contribution in [0.2, 0.25) is 0 Å². The zero-order valence-electron chi connectivity index (χ0n) is 9.03. The summed E-state index contributed by atoms with van der Waals surface area (Å²) in [5, 5.41) is 17.5. The van der Waals surface area contributed by atoms with Gasteiger partial charge in [0.1, 0.15) is 0 Å². The molecule has 1 unspecified atom stereocenters. The second kappa shape index (κ2) is 5.50. The normalized spacial score (nSPS) is 12.1. The molecule has 0 saturated carbocycles. The molecule has 1 rings (SSSR count). The number of ether oxygens (including phenoxy) is 1. The fourth-order valence-corrected chi connectivity index (χ4v) is 1.31. The van der Waals surface area contributed by atoms with Crippen LogP contribution in [0.5, 0.6) is 0 Å². The van der Waals surface area contributed by atoms with Crippen LogP contribution in [0.1, 0.15) is 22.8 Å². The SMILES string of the molecule is Cc1ccc(C(C#N)OCCO)cc1C. The van der Waals surface area contributed by atoms with Crippen molar-refractivity contribution in [2.75, 3.05) is 13.2 Å². The van der Waals surface area contributed by atoms with E-state index in [2.05, 4.69) is 6.07 Å². The summed E-state index contributed by atoms with van der Waals surface area (Å²) in [6.45, 7) is 4.14. The summed E-state index contributed by atoms with van der Waals surface area (Å²) in [7, 11) is 0. The Bertz CT molecular complexity index is 368. The van der Waals surface area contributed by atoms with Crippen LogP contribution in [0, 0.1) is 25.2 Å². The van der Waals surface area contributed by atoms with E-state index in [-0.39, 0.29) is 13.2 Å². The minimum absolute atomic E-state index is 0.0664. The van der Waals surface area contributed by atoms with Gasteiger partial charge >= 0.3 is 0 Å². The monoisotopic (exact) mass is 205 g/mol. The largest absolute Gasteiger partial charge is 0.394 e. The Morgan fingerprint density at radius 3 is 2.67 bits per heavy atom. The van der Waals surface area contributed by atoms with Gasteiger partial charge in [-0.05, 0) is 30.5 Å². The number of aliphatic hydroxyl groups excluding tert-OH is 1. The van der Waals surface area contributed by atoms with Gasteiger partial charge < -0.3 is 9.84 Å². The minimum Gasteiger partial charge on any atom is -0.394 e. The number of aliphatic hydroxyl groups is 1. The van der Waals surface area contributed by atoms with Crippen molar-refractivity contribution in [3.63, 3.8) is 0 Å². The van der Waals surface area contributed by atoms with Crippen LogP contribution in [0.4, 0.5) is 0 Å². The molecule has 15 heavy (non-hydrogen) atoms. The predicted octanol–water partition coefficient (Wildman–Crippen LogP) is 1.88. The summed E-state index contributed by atoms with van der Waals surface area (Å²) < 4.78 is 5.21. The molecule has 1 aromatic carbocycles. The third-order valence-corrected chi connectivity index (χ3v) is 2.33. The molecule has 0 aliphatic carbocycles. The summed E-state index contributed by atoms with van der Waals surface area (Å²) >= 11 is 0. The van der Waals surface area contributed by atoms with Crippen LogP contribution >= 0.6 is 0 Å². The Labute approximate surface area is 89.9 Å². The first kappa shape index (κ1) is 11.7. The fraction of sp³-hybridized carbons (Fsp3) is 0.417. The lowest BCUT2D eigenvalue weighted by Gasteiger charge is -2.11. The highest BCUT2D eigenvalue weighted by Crippen LogP contribution is 2.19. The summed E-state index contributed by atoms with van der Waals surface area (Å²) in [6, 6.07) is 7.86. The number of aryl methyl sites for hydroxylation is 2. The molecule has 0 heterocycles. The summed E-state index contributed by atoms with van der Waals surface area (Å²) in [4.78, 5) is 0. The number of hydrogen-bond donors (Lipinski definition) is 1. The van der Waals surface area contributed by atoms with Crippen molar-refractivity contribution in [2.45, 2.75) is 20.0 Å². The van der Waals surface area contributed by atoms with Gasteiger partial charge in [0, 0.05) is 0 Å². The topological polar surface area (TPSA) is 53.2 Å². The summed E-state index contributed by atoms with van der Waals surface area (Å²) in [5.74, 6) is 0. The highest BCUT2D eigenvalue weighted by Gasteiger charge is 2.10. The molecular weight excluding hydrogens is 190 g/mol. The van der Waals surface area contributed by atoms with Crippen LogP contribution < -0.4 is 0 Å². The third kappa shape index (κ3) is 3.05. The Balaban J connectivity index is 2.84. The van der Waals surface area contributed by atoms with Gasteiger partial charge in [-0.1, -0.05) is 18.2 Å². The molecule has 0 saturated heterocycles. The van der Waals surface area contributed by atoms with E-state index in [0.29, 0.717) is 0 Å². The predicted molar refractivity (Wildman–Crippen MR) is 57.3 cm³/mol. The lowest BCUT2D eigenvalue weighted by molar-refractivity contribution is 0.0581. The molecule has 0 fully saturated rings. The Morgan fingerprint density at radius 2 is 2.13 bits per heavy atom. The molecule has 1 atom stereocenters. The molecule has 0 radical (unpaired) electrons. The van der Waals surface area contributed by atoms with Crippen molar-refractivity contribution in [3.05, 3.63) is 34.9 Å². The van der Waals surface area contributed by atoms with E-state index in [1.165, 1.54) is 5.56 Å². The van der Waals surface area contributed by atoms with Crippen molar-refractivity contribution in [2.24, 2.45) is 0 Å². The average Bonchev–Trinajstić information content (AvgIpc) is 2.24. The first-order valence-electron chi connectivity index (χ1n) is 4.88. The molecule has 3 nitrogen and oxygen atoms in total. The van der Waals surface area contributed by atoms with E-state index in [9.17, 15) is 0 Å². The summed E-state index contributed by atoms with van der Waals surface area (Å²) in [5.41, 5.74) is 3.17. The molecular formula is C12H15NO2. The van der Waals surface area contributed by atoms with E-state index in [4.69, 9.17) is 15.1 Å². The molecule has 0 aliphatic rings. The van der Waals surface area contributed by atoms with Crippen molar-refractivity contribution in [1.29, 1.82) is 5.26 Å². The number of benzene rings is 1. The number of rotatable bonds is 4. The van der Waals surface area contributed by atoms with Crippen LogP contribution in [0.25, 0.3) is 0 Å². The van der Waals surface area contributed by atoms with Crippen molar-refractivity contribution < 1.29 is 9.84 Å². The highest BCUT2D eigenvalue weighted by molar-refractivity contribution is 5.33.